The maximum atomic E-state index is 7.56. The summed E-state index contributed by atoms with van der Waals surface area (Å²) in [5, 5.41) is 7.56. The average Bonchev–Trinajstić information content (AvgIpc) is 2.39. The van der Waals surface area contributed by atoms with E-state index in [2.05, 4.69) is 0 Å². The van der Waals surface area contributed by atoms with Crippen molar-refractivity contribution in [2.24, 2.45) is 5.73 Å². The van der Waals surface area contributed by atoms with E-state index in [1.54, 1.807) is 18.9 Å². The number of ether oxygens (including phenoxy) is 1. The summed E-state index contributed by atoms with van der Waals surface area (Å²) < 4.78 is 5.19. The van der Waals surface area contributed by atoms with Crippen LogP contribution in [0.3, 0.4) is 0 Å². The molecule has 0 amide bonds. The molecule has 0 saturated heterocycles. The Bertz CT molecular complexity index is 569. The van der Waals surface area contributed by atoms with Crippen LogP contribution in [0, 0.1) is 5.41 Å². The van der Waals surface area contributed by atoms with Gasteiger partial charge in [-0.05, 0) is 24.3 Å². The largest absolute Gasteiger partial charge is 0.497 e. The minimum Gasteiger partial charge on any atom is -0.497 e. The van der Waals surface area contributed by atoms with Crippen LogP contribution in [-0.2, 0) is 0 Å². The molecule has 3 nitrogen and oxygen atoms in total. The monoisotopic (exact) mass is 258 g/mol. The molecule has 0 fully saturated rings. The first-order valence-electron chi connectivity index (χ1n) is 5.46. The maximum Gasteiger partial charge on any atom is 0.123 e. The summed E-state index contributed by atoms with van der Waals surface area (Å²) in [6.45, 7) is 0. The number of nitrogens with one attached hydrogen (secondary N) is 1. The van der Waals surface area contributed by atoms with Crippen molar-refractivity contribution in [2.45, 2.75) is 9.79 Å². The molecule has 0 atom stereocenters. The highest BCUT2D eigenvalue weighted by molar-refractivity contribution is 7.99. The molecule has 0 aliphatic carbocycles. The van der Waals surface area contributed by atoms with Crippen LogP contribution in [0.2, 0.25) is 0 Å². The van der Waals surface area contributed by atoms with Crippen molar-refractivity contribution in [2.75, 3.05) is 7.11 Å². The number of nitrogen functional groups attached to an aromatic ring is 1. The predicted octanol–water partition coefficient (Wildman–Crippen LogP) is 3.13. The lowest BCUT2D eigenvalue weighted by Gasteiger charge is -2.08. The molecule has 0 radical (unpaired) electrons. The van der Waals surface area contributed by atoms with Crippen LogP contribution in [0.4, 0.5) is 0 Å². The van der Waals surface area contributed by atoms with E-state index in [1.165, 1.54) is 0 Å². The zero-order valence-corrected chi connectivity index (χ0v) is 10.8. The van der Waals surface area contributed by atoms with Crippen LogP contribution in [0.1, 0.15) is 5.56 Å². The third-order valence-corrected chi connectivity index (χ3v) is 3.51. The van der Waals surface area contributed by atoms with Crippen LogP contribution < -0.4 is 10.5 Å². The van der Waals surface area contributed by atoms with Gasteiger partial charge in [0.2, 0.25) is 0 Å². The van der Waals surface area contributed by atoms with Crippen LogP contribution >= 0.6 is 11.8 Å². The Balaban J connectivity index is 2.31. The maximum absolute atomic E-state index is 7.56. The summed E-state index contributed by atoms with van der Waals surface area (Å²) in [6, 6.07) is 15.4. The second-order valence-corrected chi connectivity index (χ2v) is 4.81. The Morgan fingerprint density at radius 2 is 1.94 bits per heavy atom. The molecule has 0 bridgehead atoms. The van der Waals surface area contributed by atoms with E-state index < -0.39 is 0 Å². The fourth-order valence-electron chi connectivity index (χ4n) is 1.57. The van der Waals surface area contributed by atoms with Crippen molar-refractivity contribution in [1.29, 1.82) is 5.41 Å². The Labute approximate surface area is 110 Å². The summed E-state index contributed by atoms with van der Waals surface area (Å²) in [4.78, 5) is 2.03. The second kappa shape index (κ2) is 5.60. The SMILES string of the molecule is COc1cccc(Sc2ccccc2C(=N)N)c1. The van der Waals surface area contributed by atoms with Crippen molar-refractivity contribution in [3.8, 4) is 5.75 Å². The third-order valence-electron chi connectivity index (χ3n) is 2.45. The normalized spacial score (nSPS) is 10.1. The van der Waals surface area contributed by atoms with Crippen molar-refractivity contribution < 1.29 is 4.74 Å². The van der Waals surface area contributed by atoms with Crippen LogP contribution in [-0.4, -0.2) is 12.9 Å². The van der Waals surface area contributed by atoms with Gasteiger partial charge in [-0.1, -0.05) is 36.0 Å². The fourth-order valence-corrected chi connectivity index (χ4v) is 2.58. The van der Waals surface area contributed by atoms with Crippen molar-refractivity contribution >= 4 is 17.6 Å². The van der Waals surface area contributed by atoms with Crippen molar-refractivity contribution in [3.05, 3.63) is 54.1 Å². The van der Waals surface area contributed by atoms with Gasteiger partial charge in [-0.25, -0.2) is 0 Å². The predicted molar refractivity (Wildman–Crippen MR) is 74.6 cm³/mol. The summed E-state index contributed by atoms with van der Waals surface area (Å²) >= 11 is 1.57. The van der Waals surface area contributed by atoms with Crippen LogP contribution in [0.15, 0.2) is 58.3 Å². The fraction of sp³-hybridized carbons (Fsp3) is 0.0714. The highest BCUT2D eigenvalue weighted by Gasteiger charge is 2.06. The smallest absolute Gasteiger partial charge is 0.123 e. The molecule has 0 aliphatic rings. The van der Waals surface area contributed by atoms with E-state index in [9.17, 15) is 0 Å². The van der Waals surface area contributed by atoms with Crippen LogP contribution in [0.25, 0.3) is 0 Å². The molecule has 3 N–H and O–H groups in total. The lowest BCUT2D eigenvalue weighted by Crippen LogP contribution is -2.11. The number of nitrogens with two attached hydrogens (primary N) is 1. The summed E-state index contributed by atoms with van der Waals surface area (Å²) in [7, 11) is 1.65. The molecule has 0 aromatic heterocycles. The highest BCUT2D eigenvalue weighted by atomic mass is 32.2. The number of benzene rings is 2. The van der Waals surface area contributed by atoms with Gasteiger partial charge in [0.25, 0.3) is 0 Å². The average molecular weight is 258 g/mol. The van der Waals surface area contributed by atoms with E-state index in [0.29, 0.717) is 0 Å². The van der Waals surface area contributed by atoms with Gasteiger partial charge in [0.05, 0.1) is 7.11 Å². The second-order valence-electron chi connectivity index (χ2n) is 3.69. The first kappa shape index (κ1) is 12.5. The van der Waals surface area contributed by atoms with E-state index in [0.717, 1.165) is 21.1 Å². The van der Waals surface area contributed by atoms with Gasteiger partial charge in [0.1, 0.15) is 11.6 Å². The number of amidine groups is 1. The Morgan fingerprint density at radius 1 is 1.17 bits per heavy atom. The zero-order valence-electron chi connectivity index (χ0n) is 10.0. The first-order valence-corrected chi connectivity index (χ1v) is 6.27. The van der Waals surface area contributed by atoms with Gasteiger partial charge < -0.3 is 10.5 Å². The number of rotatable bonds is 4. The van der Waals surface area contributed by atoms with Gasteiger partial charge in [0.15, 0.2) is 0 Å². The van der Waals surface area contributed by atoms with Crippen molar-refractivity contribution in [1.82, 2.24) is 0 Å². The topological polar surface area (TPSA) is 59.1 Å². The molecule has 0 saturated carbocycles. The van der Waals surface area contributed by atoms with Gasteiger partial charge in [0, 0.05) is 15.4 Å². The third kappa shape index (κ3) is 2.84. The Kier molecular flexibility index (Phi) is 3.89. The van der Waals surface area contributed by atoms with Crippen molar-refractivity contribution in [3.63, 3.8) is 0 Å². The number of methoxy groups -OCH3 is 1. The minimum atomic E-state index is 0.0843. The molecule has 2 aromatic rings. The number of hydrogen-bond donors (Lipinski definition) is 2. The lowest BCUT2D eigenvalue weighted by atomic mass is 10.2. The standard InChI is InChI=1S/C14H14N2OS/c1-17-10-5-4-6-11(9-10)18-13-8-3-2-7-12(13)14(15)16/h2-9H,1H3,(H3,15,16). The molecule has 4 heteroatoms. The van der Waals surface area contributed by atoms with Gasteiger partial charge >= 0.3 is 0 Å². The van der Waals surface area contributed by atoms with Gasteiger partial charge in [-0.3, -0.25) is 5.41 Å². The molecule has 2 rings (SSSR count). The highest BCUT2D eigenvalue weighted by Crippen LogP contribution is 2.32. The molecule has 0 spiro atoms. The Morgan fingerprint density at radius 3 is 2.67 bits per heavy atom. The molecule has 92 valence electrons. The molecular weight excluding hydrogens is 244 g/mol. The Hall–Kier alpha value is -1.94. The molecule has 18 heavy (non-hydrogen) atoms. The molecule has 2 aromatic carbocycles. The summed E-state index contributed by atoms with van der Waals surface area (Å²) in [5.74, 6) is 0.904. The van der Waals surface area contributed by atoms with Crippen LogP contribution in [0.5, 0.6) is 5.75 Å². The van der Waals surface area contributed by atoms with E-state index in [1.807, 2.05) is 48.5 Å². The van der Waals surface area contributed by atoms with E-state index >= 15 is 0 Å². The molecule has 0 aliphatic heterocycles. The lowest BCUT2D eigenvalue weighted by molar-refractivity contribution is 0.413. The summed E-state index contributed by atoms with van der Waals surface area (Å²) in [5.41, 5.74) is 6.32. The molecule has 0 unspecified atom stereocenters. The summed E-state index contributed by atoms with van der Waals surface area (Å²) in [6.07, 6.45) is 0. The van der Waals surface area contributed by atoms with Gasteiger partial charge in [-0.15, -0.1) is 0 Å². The quantitative estimate of drug-likeness (QED) is 0.654. The molecular formula is C14H14N2OS. The molecule has 0 heterocycles. The minimum absolute atomic E-state index is 0.0843. The van der Waals surface area contributed by atoms with E-state index in [-0.39, 0.29) is 5.84 Å². The zero-order chi connectivity index (χ0) is 13.0. The van der Waals surface area contributed by atoms with Gasteiger partial charge in [-0.2, -0.15) is 0 Å². The number of hydrogen-bond acceptors (Lipinski definition) is 3. The van der Waals surface area contributed by atoms with E-state index in [4.69, 9.17) is 15.9 Å². The first-order chi connectivity index (χ1) is 8.70.